The number of phenols is 1. The molecule has 0 saturated carbocycles. The number of phenolic OH excluding ortho intramolecular Hbond substituents is 1. The van der Waals surface area contributed by atoms with Gasteiger partial charge in [-0.1, -0.05) is 24.3 Å². The van der Waals surface area contributed by atoms with E-state index >= 15 is 0 Å². The minimum absolute atomic E-state index is 0.0865. The topological polar surface area (TPSA) is 78.4 Å². The zero-order chi connectivity index (χ0) is 15.5. The number of nitrogens with one attached hydrogen (secondary N) is 2. The zero-order valence-corrected chi connectivity index (χ0v) is 12.1. The van der Waals surface area contributed by atoms with Gasteiger partial charge in [-0.2, -0.15) is 0 Å². The third-order valence-corrected chi connectivity index (χ3v) is 4.46. The Morgan fingerprint density at radius 1 is 1.14 bits per heavy atom. The summed E-state index contributed by atoms with van der Waals surface area (Å²) < 4.78 is 39.3. The molecule has 0 unspecified atom stereocenters. The van der Waals surface area contributed by atoms with Crippen LogP contribution in [0.2, 0.25) is 0 Å². The molecule has 5 nitrogen and oxygen atoms in total. The summed E-state index contributed by atoms with van der Waals surface area (Å²) in [4.78, 5) is 0.0865. The van der Waals surface area contributed by atoms with E-state index in [0.29, 0.717) is 11.3 Å². The number of sulfonamides is 1. The Kier molecular flexibility index (Phi) is 4.44. The highest BCUT2D eigenvalue weighted by Crippen LogP contribution is 2.24. The maximum atomic E-state index is 13.2. The van der Waals surface area contributed by atoms with E-state index in [0.717, 1.165) is 6.07 Å². The lowest BCUT2D eigenvalue weighted by atomic mass is 10.2. The molecule has 0 saturated heterocycles. The van der Waals surface area contributed by atoms with E-state index < -0.39 is 21.6 Å². The van der Waals surface area contributed by atoms with Gasteiger partial charge in [-0.25, -0.2) is 17.5 Å². The van der Waals surface area contributed by atoms with Crippen LogP contribution in [-0.2, 0) is 16.6 Å². The van der Waals surface area contributed by atoms with Crippen LogP contribution in [0, 0.1) is 5.82 Å². The van der Waals surface area contributed by atoms with Gasteiger partial charge in [-0.15, -0.1) is 0 Å². The summed E-state index contributed by atoms with van der Waals surface area (Å²) >= 11 is 0. The second-order valence-corrected chi connectivity index (χ2v) is 6.16. The predicted molar refractivity (Wildman–Crippen MR) is 78.1 cm³/mol. The van der Waals surface area contributed by atoms with Crippen molar-refractivity contribution in [2.75, 3.05) is 12.4 Å². The molecule has 0 heterocycles. The number of hydrogen-bond donors (Lipinski definition) is 3. The normalized spacial score (nSPS) is 11.3. The van der Waals surface area contributed by atoms with Crippen LogP contribution >= 0.6 is 0 Å². The standard InChI is InChI=1S/C14H15FN2O3S/c1-16-21(19,20)13-8-3-2-7-12(13)17-9-10-5-4-6-11(15)14(10)18/h2-8,16-18H,9H2,1H3. The van der Waals surface area contributed by atoms with E-state index in [1.165, 1.54) is 19.2 Å². The summed E-state index contributed by atoms with van der Waals surface area (Å²) in [6, 6.07) is 10.5. The van der Waals surface area contributed by atoms with Crippen LogP contribution in [0.5, 0.6) is 5.75 Å². The van der Waals surface area contributed by atoms with E-state index in [1.807, 2.05) is 0 Å². The average molecular weight is 310 g/mol. The molecule has 21 heavy (non-hydrogen) atoms. The van der Waals surface area contributed by atoms with Crippen LogP contribution in [0.4, 0.5) is 10.1 Å². The first-order valence-electron chi connectivity index (χ1n) is 6.18. The summed E-state index contributed by atoms with van der Waals surface area (Å²) in [6.45, 7) is 0.0971. The van der Waals surface area contributed by atoms with Gasteiger partial charge in [0.1, 0.15) is 4.90 Å². The highest BCUT2D eigenvalue weighted by Gasteiger charge is 2.16. The second-order valence-electron chi connectivity index (χ2n) is 4.30. The SMILES string of the molecule is CNS(=O)(=O)c1ccccc1NCc1cccc(F)c1O. The maximum Gasteiger partial charge on any atom is 0.242 e. The molecule has 0 bridgehead atoms. The Morgan fingerprint density at radius 3 is 2.57 bits per heavy atom. The lowest BCUT2D eigenvalue weighted by Crippen LogP contribution is -2.20. The average Bonchev–Trinajstić information content (AvgIpc) is 2.49. The molecular formula is C14H15FN2O3S. The molecule has 0 aliphatic carbocycles. The number of para-hydroxylation sites is 2. The molecule has 0 aliphatic rings. The molecule has 0 aromatic heterocycles. The van der Waals surface area contributed by atoms with Crippen molar-refractivity contribution in [3.05, 3.63) is 53.8 Å². The number of aromatic hydroxyl groups is 1. The van der Waals surface area contributed by atoms with E-state index in [1.54, 1.807) is 24.3 Å². The van der Waals surface area contributed by atoms with E-state index in [-0.39, 0.29) is 11.4 Å². The molecule has 0 radical (unpaired) electrons. The van der Waals surface area contributed by atoms with Gasteiger partial charge in [-0.3, -0.25) is 0 Å². The summed E-state index contributed by atoms with van der Waals surface area (Å²) in [5, 5.41) is 12.5. The van der Waals surface area contributed by atoms with Gasteiger partial charge in [0, 0.05) is 12.1 Å². The largest absolute Gasteiger partial charge is 0.505 e. The number of anilines is 1. The van der Waals surface area contributed by atoms with Crippen molar-refractivity contribution in [2.24, 2.45) is 0 Å². The molecule has 3 N–H and O–H groups in total. The third-order valence-electron chi connectivity index (χ3n) is 2.98. The van der Waals surface area contributed by atoms with Crippen LogP contribution in [0.15, 0.2) is 47.4 Å². The van der Waals surface area contributed by atoms with Crippen LogP contribution in [0.25, 0.3) is 0 Å². The lowest BCUT2D eigenvalue weighted by molar-refractivity contribution is 0.427. The fourth-order valence-electron chi connectivity index (χ4n) is 1.85. The fraction of sp³-hybridized carbons (Fsp3) is 0.143. The first kappa shape index (κ1) is 15.3. The van der Waals surface area contributed by atoms with Crippen molar-refractivity contribution in [2.45, 2.75) is 11.4 Å². The van der Waals surface area contributed by atoms with E-state index in [9.17, 15) is 17.9 Å². The number of rotatable bonds is 5. The van der Waals surface area contributed by atoms with Crippen molar-refractivity contribution in [3.8, 4) is 5.75 Å². The molecule has 0 aliphatic heterocycles. The third kappa shape index (κ3) is 3.32. The van der Waals surface area contributed by atoms with Crippen molar-refractivity contribution in [1.29, 1.82) is 0 Å². The fourth-order valence-corrected chi connectivity index (χ4v) is 2.76. The van der Waals surface area contributed by atoms with Gasteiger partial charge >= 0.3 is 0 Å². The van der Waals surface area contributed by atoms with Gasteiger partial charge in [0.2, 0.25) is 10.0 Å². The van der Waals surface area contributed by atoms with Crippen molar-refractivity contribution >= 4 is 15.7 Å². The highest BCUT2D eigenvalue weighted by atomic mass is 32.2. The van der Waals surface area contributed by atoms with Gasteiger partial charge in [0.05, 0.1) is 5.69 Å². The molecule has 2 aromatic rings. The van der Waals surface area contributed by atoms with Crippen LogP contribution in [0.3, 0.4) is 0 Å². The molecule has 7 heteroatoms. The number of benzene rings is 2. The monoisotopic (exact) mass is 310 g/mol. The van der Waals surface area contributed by atoms with Crippen LogP contribution < -0.4 is 10.0 Å². The molecule has 0 fully saturated rings. The summed E-state index contributed by atoms with van der Waals surface area (Å²) in [5.41, 5.74) is 0.710. The van der Waals surface area contributed by atoms with Crippen molar-refractivity contribution in [1.82, 2.24) is 4.72 Å². The van der Waals surface area contributed by atoms with E-state index in [2.05, 4.69) is 10.0 Å². The lowest BCUT2D eigenvalue weighted by Gasteiger charge is -2.12. The predicted octanol–water partition coefficient (Wildman–Crippen LogP) is 2.05. The van der Waals surface area contributed by atoms with Gasteiger partial charge in [0.15, 0.2) is 11.6 Å². The molecule has 0 atom stereocenters. The van der Waals surface area contributed by atoms with Crippen LogP contribution in [0.1, 0.15) is 5.56 Å². The Balaban J connectivity index is 2.27. The first-order chi connectivity index (χ1) is 9.95. The Labute approximate surface area is 122 Å². The molecule has 112 valence electrons. The number of halogens is 1. The molecule has 2 aromatic carbocycles. The molecule has 2 rings (SSSR count). The first-order valence-corrected chi connectivity index (χ1v) is 7.67. The quantitative estimate of drug-likeness (QED) is 0.790. The minimum atomic E-state index is -3.60. The smallest absolute Gasteiger partial charge is 0.242 e. The van der Waals surface area contributed by atoms with Gasteiger partial charge in [0.25, 0.3) is 0 Å². The summed E-state index contributed by atoms with van der Waals surface area (Å²) in [6.07, 6.45) is 0. The van der Waals surface area contributed by atoms with Crippen molar-refractivity contribution in [3.63, 3.8) is 0 Å². The Bertz CT molecular complexity index is 748. The summed E-state index contributed by atoms with van der Waals surface area (Å²) in [5.74, 6) is -1.16. The van der Waals surface area contributed by atoms with Gasteiger partial charge in [-0.05, 0) is 25.2 Å². The Morgan fingerprint density at radius 2 is 1.86 bits per heavy atom. The van der Waals surface area contributed by atoms with E-state index in [4.69, 9.17) is 0 Å². The maximum absolute atomic E-state index is 13.2. The minimum Gasteiger partial charge on any atom is -0.505 e. The highest BCUT2D eigenvalue weighted by molar-refractivity contribution is 7.89. The second kappa shape index (κ2) is 6.11. The number of hydrogen-bond acceptors (Lipinski definition) is 4. The summed E-state index contributed by atoms with van der Waals surface area (Å²) in [7, 11) is -2.28. The molecule has 0 spiro atoms. The molecule has 0 amide bonds. The zero-order valence-electron chi connectivity index (χ0n) is 11.3. The van der Waals surface area contributed by atoms with Crippen molar-refractivity contribution < 1.29 is 17.9 Å². The van der Waals surface area contributed by atoms with Crippen LogP contribution in [-0.4, -0.2) is 20.6 Å². The molecular weight excluding hydrogens is 295 g/mol. The van der Waals surface area contributed by atoms with Gasteiger partial charge < -0.3 is 10.4 Å². The Hall–Kier alpha value is -2.12.